The Morgan fingerprint density at radius 1 is 1.02 bits per heavy atom. The minimum atomic E-state index is -1.10. The number of unbranched alkanes of at least 4 members (excludes halogenated alkanes) is 1. The zero-order valence-electron chi connectivity index (χ0n) is 22.9. The fourth-order valence-electron chi connectivity index (χ4n) is 3.55. The van der Waals surface area contributed by atoms with Gasteiger partial charge in [0.1, 0.15) is 11.6 Å². The summed E-state index contributed by atoms with van der Waals surface area (Å²) in [5.41, 5.74) is 18.3. The van der Waals surface area contributed by atoms with Crippen LogP contribution in [0, 0.1) is 0 Å². The highest BCUT2D eigenvalue weighted by molar-refractivity contribution is 6.31. The Balaban J connectivity index is 1.71. The van der Waals surface area contributed by atoms with Crippen LogP contribution in [0.4, 0.5) is 16.4 Å². The van der Waals surface area contributed by atoms with Crippen molar-refractivity contribution < 1.29 is 24.2 Å². The Morgan fingerprint density at radius 3 is 2.20 bits per heavy atom. The topological polar surface area (TPSA) is 221 Å². The van der Waals surface area contributed by atoms with E-state index >= 15 is 0 Å². The van der Waals surface area contributed by atoms with Gasteiger partial charge in [-0.15, -0.1) is 0 Å². The van der Waals surface area contributed by atoms with E-state index in [0.29, 0.717) is 19.4 Å². The van der Waals surface area contributed by atoms with Gasteiger partial charge in [0.25, 0.3) is 5.91 Å². The predicted octanol–water partition coefficient (Wildman–Crippen LogP) is 2.66. The first-order valence-corrected chi connectivity index (χ1v) is 13.1. The van der Waals surface area contributed by atoms with Crippen molar-refractivity contribution >= 4 is 47.2 Å². The third kappa shape index (κ3) is 11.3. The Bertz CT molecular complexity index is 1210. The molecule has 2 aromatic rings. The number of nitrogens with two attached hydrogens (primary N) is 3. The SMILES string of the molecule is CC(C)(C)OC(=O)NC(CCCc1ccc(CCCCN=C(N)NC(=O)c2nc(Cl)c(N)nc2N)cc1)C(=O)O. The van der Waals surface area contributed by atoms with Crippen molar-refractivity contribution in [1.82, 2.24) is 20.6 Å². The quantitative estimate of drug-likeness (QED) is 0.123. The molecule has 2 amide bonds. The van der Waals surface area contributed by atoms with E-state index in [9.17, 15) is 19.5 Å². The number of amides is 2. The summed E-state index contributed by atoms with van der Waals surface area (Å²) in [7, 11) is 0. The largest absolute Gasteiger partial charge is 0.480 e. The molecule has 14 heteroatoms. The summed E-state index contributed by atoms with van der Waals surface area (Å²) < 4.78 is 5.14. The van der Waals surface area contributed by atoms with Gasteiger partial charge in [-0.3, -0.25) is 15.1 Å². The van der Waals surface area contributed by atoms with Crippen molar-refractivity contribution in [3.63, 3.8) is 0 Å². The normalized spacial score (nSPS) is 12.4. The molecule has 1 heterocycles. The van der Waals surface area contributed by atoms with Crippen LogP contribution in [0.1, 0.15) is 68.1 Å². The second-order valence-corrected chi connectivity index (χ2v) is 10.4. The van der Waals surface area contributed by atoms with E-state index in [-0.39, 0.29) is 34.9 Å². The summed E-state index contributed by atoms with van der Waals surface area (Å²) in [6, 6.07) is 7.07. The van der Waals surface area contributed by atoms with Gasteiger partial charge in [0.15, 0.2) is 28.4 Å². The van der Waals surface area contributed by atoms with E-state index in [2.05, 4.69) is 25.6 Å². The van der Waals surface area contributed by atoms with E-state index in [1.54, 1.807) is 20.8 Å². The number of carboxylic acids is 1. The molecule has 0 bridgehead atoms. The smallest absolute Gasteiger partial charge is 0.408 e. The number of ether oxygens (including phenoxy) is 1. The number of carbonyl (C=O) groups excluding carboxylic acids is 2. The summed E-state index contributed by atoms with van der Waals surface area (Å²) in [6.07, 6.45) is 3.24. The van der Waals surface area contributed by atoms with Gasteiger partial charge in [-0.25, -0.2) is 19.6 Å². The van der Waals surface area contributed by atoms with Crippen LogP contribution in [0.5, 0.6) is 0 Å². The molecule has 0 aliphatic heterocycles. The summed E-state index contributed by atoms with van der Waals surface area (Å²) in [5, 5.41) is 14.1. The molecule has 1 atom stereocenters. The number of benzene rings is 1. The highest BCUT2D eigenvalue weighted by atomic mass is 35.5. The zero-order valence-corrected chi connectivity index (χ0v) is 23.6. The molecule has 0 aliphatic carbocycles. The van der Waals surface area contributed by atoms with Crippen LogP contribution in [0.3, 0.4) is 0 Å². The number of nitrogens with one attached hydrogen (secondary N) is 2. The minimum absolute atomic E-state index is 0.0741. The van der Waals surface area contributed by atoms with Gasteiger partial charge < -0.3 is 32.4 Å². The molecule has 13 nitrogen and oxygen atoms in total. The minimum Gasteiger partial charge on any atom is -0.480 e. The third-order valence-electron chi connectivity index (χ3n) is 5.49. The Kier molecular flexibility index (Phi) is 11.9. The van der Waals surface area contributed by atoms with Gasteiger partial charge in [-0.05, 0) is 70.4 Å². The number of carbonyl (C=O) groups is 3. The van der Waals surface area contributed by atoms with Gasteiger partial charge in [0.05, 0.1) is 0 Å². The molecule has 1 aromatic carbocycles. The van der Waals surface area contributed by atoms with Crippen LogP contribution in [-0.2, 0) is 22.4 Å². The number of hydrogen-bond donors (Lipinski definition) is 6. The van der Waals surface area contributed by atoms with Gasteiger partial charge in [0, 0.05) is 6.54 Å². The van der Waals surface area contributed by atoms with Gasteiger partial charge in [-0.1, -0.05) is 35.9 Å². The van der Waals surface area contributed by atoms with E-state index in [1.165, 1.54) is 0 Å². The summed E-state index contributed by atoms with van der Waals surface area (Å²) in [6.45, 7) is 5.56. The maximum atomic E-state index is 12.3. The van der Waals surface area contributed by atoms with Crippen molar-refractivity contribution in [2.24, 2.45) is 10.7 Å². The number of aliphatic imine (C=N–C) groups is 1. The average molecular weight is 577 g/mol. The molecule has 9 N–H and O–H groups in total. The number of nitrogens with zero attached hydrogens (tertiary/aromatic N) is 3. The van der Waals surface area contributed by atoms with Crippen molar-refractivity contribution in [3.8, 4) is 0 Å². The maximum Gasteiger partial charge on any atom is 0.408 e. The van der Waals surface area contributed by atoms with E-state index < -0.39 is 29.6 Å². The number of rotatable bonds is 12. The van der Waals surface area contributed by atoms with Crippen LogP contribution < -0.4 is 27.8 Å². The molecule has 218 valence electrons. The lowest BCUT2D eigenvalue weighted by Crippen LogP contribution is -2.43. The fourth-order valence-corrected chi connectivity index (χ4v) is 3.68. The molecule has 1 unspecified atom stereocenters. The number of anilines is 2. The first-order chi connectivity index (χ1) is 18.7. The third-order valence-corrected chi connectivity index (χ3v) is 5.77. The highest BCUT2D eigenvalue weighted by Gasteiger charge is 2.23. The predicted molar refractivity (Wildman–Crippen MR) is 153 cm³/mol. The van der Waals surface area contributed by atoms with Crippen molar-refractivity contribution in [3.05, 3.63) is 46.2 Å². The second-order valence-electron chi connectivity index (χ2n) is 10.1. The molecule has 0 aliphatic rings. The van der Waals surface area contributed by atoms with Crippen LogP contribution in [0.15, 0.2) is 29.3 Å². The molecule has 40 heavy (non-hydrogen) atoms. The van der Waals surface area contributed by atoms with Crippen molar-refractivity contribution in [1.29, 1.82) is 0 Å². The van der Waals surface area contributed by atoms with Crippen LogP contribution in [0.2, 0.25) is 5.15 Å². The number of halogens is 1. The van der Waals surface area contributed by atoms with Gasteiger partial charge >= 0.3 is 12.1 Å². The Morgan fingerprint density at radius 2 is 1.62 bits per heavy atom. The number of aliphatic carboxylic acids is 1. The molecule has 0 saturated heterocycles. The van der Waals surface area contributed by atoms with E-state index in [4.69, 9.17) is 33.5 Å². The van der Waals surface area contributed by atoms with Crippen molar-refractivity contribution in [2.75, 3.05) is 18.0 Å². The average Bonchev–Trinajstić information content (AvgIpc) is 2.85. The number of aryl methyl sites for hydroxylation is 2. The summed E-state index contributed by atoms with van der Waals surface area (Å²) >= 11 is 5.79. The molecule has 0 spiro atoms. The lowest BCUT2D eigenvalue weighted by Gasteiger charge is -2.22. The monoisotopic (exact) mass is 576 g/mol. The number of hydrogen-bond acceptors (Lipinski definition) is 9. The van der Waals surface area contributed by atoms with E-state index in [0.717, 1.165) is 30.4 Å². The van der Waals surface area contributed by atoms with E-state index in [1.807, 2.05) is 24.3 Å². The summed E-state index contributed by atoms with van der Waals surface area (Å²) in [4.78, 5) is 47.3. The lowest BCUT2D eigenvalue weighted by molar-refractivity contribution is -0.139. The first kappa shape index (κ1) is 32.1. The maximum absolute atomic E-state index is 12.3. The molecule has 1 aromatic heterocycles. The standard InChI is InChI=1S/C26H37ClN8O5/c1-26(2,3)40-25(39)32-17(23(37)38)9-6-8-16-12-10-15(11-13-16)7-4-5-14-31-24(30)35-22(36)18-20(28)34-21(29)19(27)33-18/h10-13,17H,4-9,14H2,1-3H3,(H,32,39)(H,37,38)(H4,28,29,34)(H3,30,31,35,36). The molecular weight excluding hydrogens is 540 g/mol. The van der Waals surface area contributed by atoms with Gasteiger partial charge in [-0.2, -0.15) is 0 Å². The lowest BCUT2D eigenvalue weighted by atomic mass is 10.0. The number of alkyl carbamates (subject to hydrolysis) is 1. The number of nitrogen functional groups attached to an aromatic ring is 2. The Hall–Kier alpha value is -4.13. The molecule has 2 rings (SSSR count). The molecule has 0 fully saturated rings. The number of aromatic nitrogens is 2. The van der Waals surface area contributed by atoms with Gasteiger partial charge in [0.2, 0.25) is 0 Å². The fraction of sp³-hybridized carbons (Fsp3) is 0.462. The van der Waals surface area contributed by atoms with Crippen LogP contribution in [-0.4, -0.2) is 57.2 Å². The second kappa shape index (κ2) is 14.9. The molecular formula is C26H37ClN8O5. The number of guanidine groups is 1. The molecule has 0 radical (unpaired) electrons. The first-order valence-electron chi connectivity index (χ1n) is 12.7. The molecule has 0 saturated carbocycles. The highest BCUT2D eigenvalue weighted by Crippen LogP contribution is 2.17. The number of carboxylic acid groups (broad SMARTS) is 1. The summed E-state index contributed by atoms with van der Waals surface area (Å²) in [5.74, 6) is -2.11. The Labute approximate surface area is 237 Å². The van der Waals surface area contributed by atoms with Crippen LogP contribution >= 0.6 is 11.6 Å². The van der Waals surface area contributed by atoms with Crippen LogP contribution in [0.25, 0.3) is 0 Å². The zero-order chi connectivity index (χ0) is 29.9. The van der Waals surface area contributed by atoms with Crippen molar-refractivity contribution in [2.45, 2.75) is 70.9 Å².